The molecule has 0 saturated carbocycles. The quantitative estimate of drug-likeness (QED) is 0.856. The normalized spacial score (nSPS) is 11.3. The lowest BCUT2D eigenvalue weighted by Crippen LogP contribution is -2.26. The molecule has 19 heavy (non-hydrogen) atoms. The van der Waals surface area contributed by atoms with Gasteiger partial charge in [0.05, 0.1) is 10.6 Å². The zero-order valence-corrected chi connectivity index (χ0v) is 13.1. The molecule has 5 heteroatoms. The fourth-order valence-corrected chi connectivity index (χ4v) is 3.59. The van der Waals surface area contributed by atoms with E-state index in [1.165, 1.54) is 4.31 Å². The molecule has 0 aliphatic rings. The van der Waals surface area contributed by atoms with Crippen LogP contribution in [-0.4, -0.2) is 15.5 Å². The smallest absolute Gasteiger partial charge is 0.264 e. The molecule has 0 aromatic heterocycles. The van der Waals surface area contributed by atoms with E-state index in [-0.39, 0.29) is 4.90 Å². The molecule has 0 N–H and O–H groups in total. The second-order valence-corrected chi connectivity index (χ2v) is 7.06. The molecule has 2 aromatic rings. The fraction of sp³-hybridized carbons (Fsp3) is 0.143. The molecule has 0 unspecified atom stereocenters. The summed E-state index contributed by atoms with van der Waals surface area (Å²) >= 11 is 3.37. The van der Waals surface area contributed by atoms with Crippen molar-refractivity contribution < 1.29 is 8.42 Å². The molecule has 0 bridgehead atoms. The molecular formula is C14H14BrNO2S. The molecule has 2 rings (SSSR count). The highest BCUT2D eigenvalue weighted by Crippen LogP contribution is 2.29. The lowest BCUT2D eigenvalue weighted by molar-refractivity contribution is 0.594. The van der Waals surface area contributed by atoms with Gasteiger partial charge in [-0.3, -0.25) is 4.31 Å². The van der Waals surface area contributed by atoms with Gasteiger partial charge in [0.2, 0.25) is 0 Å². The fourth-order valence-electron chi connectivity index (χ4n) is 1.70. The Morgan fingerprint density at radius 1 is 1.00 bits per heavy atom. The van der Waals surface area contributed by atoms with Gasteiger partial charge in [-0.05, 0) is 47.1 Å². The number of anilines is 1. The van der Waals surface area contributed by atoms with Gasteiger partial charge >= 0.3 is 0 Å². The van der Waals surface area contributed by atoms with Crippen LogP contribution in [0, 0.1) is 6.92 Å². The topological polar surface area (TPSA) is 37.4 Å². The van der Waals surface area contributed by atoms with Crippen molar-refractivity contribution in [2.45, 2.75) is 11.8 Å². The van der Waals surface area contributed by atoms with E-state index in [9.17, 15) is 8.42 Å². The molecule has 0 amide bonds. The lowest BCUT2D eigenvalue weighted by atomic mass is 10.2. The summed E-state index contributed by atoms with van der Waals surface area (Å²) in [6, 6.07) is 14.1. The molecule has 0 heterocycles. The van der Waals surface area contributed by atoms with E-state index in [0.29, 0.717) is 5.69 Å². The van der Waals surface area contributed by atoms with Gasteiger partial charge in [0.25, 0.3) is 10.0 Å². The Kier molecular flexibility index (Phi) is 3.96. The SMILES string of the molecule is Cc1ccc(S(=O)(=O)N(C)c2ccccc2Br)cc1. The number of hydrogen-bond acceptors (Lipinski definition) is 2. The molecule has 0 atom stereocenters. The number of aryl methyl sites for hydroxylation is 1. The van der Waals surface area contributed by atoms with E-state index in [1.54, 1.807) is 43.4 Å². The van der Waals surface area contributed by atoms with Gasteiger partial charge in [0, 0.05) is 11.5 Å². The van der Waals surface area contributed by atoms with Gasteiger partial charge < -0.3 is 0 Å². The summed E-state index contributed by atoms with van der Waals surface area (Å²) in [7, 11) is -1.98. The van der Waals surface area contributed by atoms with Crippen molar-refractivity contribution in [2.24, 2.45) is 0 Å². The summed E-state index contributed by atoms with van der Waals surface area (Å²) in [5.74, 6) is 0. The molecular weight excluding hydrogens is 326 g/mol. The van der Waals surface area contributed by atoms with Crippen LogP contribution in [0.5, 0.6) is 0 Å². The lowest BCUT2D eigenvalue weighted by Gasteiger charge is -2.20. The van der Waals surface area contributed by atoms with Gasteiger partial charge in [-0.2, -0.15) is 0 Å². The number of hydrogen-bond donors (Lipinski definition) is 0. The van der Waals surface area contributed by atoms with Crippen LogP contribution < -0.4 is 4.31 Å². The largest absolute Gasteiger partial charge is 0.268 e. The van der Waals surface area contributed by atoms with Gasteiger partial charge in [0.15, 0.2) is 0 Å². The van der Waals surface area contributed by atoms with E-state index in [0.717, 1.165) is 10.0 Å². The Bertz CT molecular complexity index is 681. The van der Waals surface area contributed by atoms with Crippen molar-refractivity contribution in [1.82, 2.24) is 0 Å². The first-order valence-corrected chi connectivity index (χ1v) is 7.96. The highest BCUT2D eigenvalue weighted by molar-refractivity contribution is 9.10. The third kappa shape index (κ3) is 2.82. The summed E-state index contributed by atoms with van der Waals surface area (Å²) in [4.78, 5) is 0.288. The molecule has 0 saturated heterocycles. The third-order valence-corrected chi connectivity index (χ3v) is 5.33. The summed E-state index contributed by atoms with van der Waals surface area (Å²) in [5, 5.41) is 0. The standard InChI is InChI=1S/C14H14BrNO2S/c1-11-7-9-12(10-8-11)19(17,18)16(2)14-6-4-3-5-13(14)15/h3-10H,1-2H3. The highest BCUT2D eigenvalue weighted by atomic mass is 79.9. The minimum absolute atomic E-state index is 0.288. The molecule has 0 radical (unpaired) electrons. The van der Waals surface area contributed by atoms with E-state index < -0.39 is 10.0 Å². The minimum Gasteiger partial charge on any atom is -0.268 e. The van der Waals surface area contributed by atoms with E-state index in [1.807, 2.05) is 19.1 Å². The second kappa shape index (κ2) is 5.35. The Hall–Kier alpha value is -1.33. The van der Waals surface area contributed by atoms with Gasteiger partial charge in [0.1, 0.15) is 0 Å². The Labute approximate surface area is 122 Å². The van der Waals surface area contributed by atoms with Crippen molar-refractivity contribution >= 4 is 31.6 Å². The number of rotatable bonds is 3. The minimum atomic E-state index is -3.53. The Morgan fingerprint density at radius 2 is 1.58 bits per heavy atom. The van der Waals surface area contributed by atoms with Crippen molar-refractivity contribution in [2.75, 3.05) is 11.4 Å². The molecule has 0 spiro atoms. The van der Waals surface area contributed by atoms with Crippen LogP contribution in [0.3, 0.4) is 0 Å². The molecule has 0 fully saturated rings. The first kappa shape index (κ1) is 14.1. The summed E-state index contributed by atoms with van der Waals surface area (Å²) in [6.07, 6.45) is 0. The van der Waals surface area contributed by atoms with Gasteiger partial charge in [-0.25, -0.2) is 8.42 Å². The molecule has 3 nitrogen and oxygen atoms in total. The highest BCUT2D eigenvalue weighted by Gasteiger charge is 2.22. The van der Waals surface area contributed by atoms with Crippen LogP contribution in [-0.2, 0) is 10.0 Å². The van der Waals surface area contributed by atoms with Gasteiger partial charge in [-0.15, -0.1) is 0 Å². The van der Waals surface area contributed by atoms with Crippen molar-refractivity contribution in [3.8, 4) is 0 Å². The Morgan fingerprint density at radius 3 is 2.16 bits per heavy atom. The maximum Gasteiger partial charge on any atom is 0.264 e. The number of benzene rings is 2. The van der Waals surface area contributed by atoms with Crippen LogP contribution in [0.25, 0.3) is 0 Å². The molecule has 100 valence electrons. The monoisotopic (exact) mass is 339 g/mol. The predicted octanol–water partition coefficient (Wildman–Crippen LogP) is 3.58. The van der Waals surface area contributed by atoms with Crippen molar-refractivity contribution in [3.05, 3.63) is 58.6 Å². The van der Waals surface area contributed by atoms with Crippen LogP contribution in [0.1, 0.15) is 5.56 Å². The summed E-state index contributed by atoms with van der Waals surface area (Å²) in [5.41, 5.74) is 1.64. The van der Waals surface area contributed by atoms with Gasteiger partial charge in [-0.1, -0.05) is 29.8 Å². The van der Waals surface area contributed by atoms with Crippen LogP contribution in [0.2, 0.25) is 0 Å². The van der Waals surface area contributed by atoms with Crippen LogP contribution >= 0.6 is 15.9 Å². The van der Waals surface area contributed by atoms with Crippen molar-refractivity contribution in [3.63, 3.8) is 0 Å². The van der Waals surface area contributed by atoms with E-state index in [4.69, 9.17) is 0 Å². The number of para-hydroxylation sites is 1. The maximum atomic E-state index is 12.5. The van der Waals surface area contributed by atoms with E-state index in [2.05, 4.69) is 15.9 Å². The zero-order valence-electron chi connectivity index (χ0n) is 10.7. The third-order valence-electron chi connectivity index (χ3n) is 2.87. The van der Waals surface area contributed by atoms with Crippen molar-refractivity contribution in [1.29, 1.82) is 0 Å². The number of nitrogens with zero attached hydrogens (tertiary/aromatic N) is 1. The van der Waals surface area contributed by atoms with E-state index >= 15 is 0 Å². The second-order valence-electron chi connectivity index (χ2n) is 4.24. The van der Waals surface area contributed by atoms with Crippen LogP contribution in [0.4, 0.5) is 5.69 Å². The summed E-state index contributed by atoms with van der Waals surface area (Å²) in [6.45, 7) is 1.92. The molecule has 2 aromatic carbocycles. The molecule has 0 aliphatic heterocycles. The first-order chi connectivity index (χ1) is 8.93. The zero-order chi connectivity index (χ0) is 14.0. The first-order valence-electron chi connectivity index (χ1n) is 5.73. The average Bonchev–Trinajstić information content (AvgIpc) is 2.39. The summed E-state index contributed by atoms with van der Waals surface area (Å²) < 4.78 is 27.0. The maximum absolute atomic E-state index is 12.5. The predicted molar refractivity (Wildman–Crippen MR) is 80.9 cm³/mol. The number of sulfonamides is 1. The molecule has 0 aliphatic carbocycles. The number of halogens is 1. The Balaban J connectivity index is 2.45. The average molecular weight is 340 g/mol. The van der Waals surface area contributed by atoms with Crippen LogP contribution in [0.15, 0.2) is 57.9 Å².